The zero-order chi connectivity index (χ0) is 29.0. The van der Waals surface area contributed by atoms with Crippen molar-refractivity contribution in [3.63, 3.8) is 0 Å². The molecule has 5 heteroatoms. The second-order valence-electron chi connectivity index (χ2n) is 11.3. The molecule has 3 nitrogen and oxygen atoms in total. The van der Waals surface area contributed by atoms with Gasteiger partial charge in [0.05, 0.1) is 23.3 Å². The van der Waals surface area contributed by atoms with Crippen LogP contribution in [0.15, 0.2) is 127 Å². The van der Waals surface area contributed by atoms with Crippen LogP contribution in [0.5, 0.6) is 0 Å². The molecule has 41 heavy (non-hydrogen) atoms. The maximum absolute atomic E-state index is 9.36. The minimum Gasteiger partial charge on any atom is -0.311 e. The van der Waals surface area contributed by atoms with E-state index >= 15 is 0 Å². The van der Waals surface area contributed by atoms with Gasteiger partial charge in [-0.2, -0.15) is 10.5 Å². The van der Waals surface area contributed by atoms with Gasteiger partial charge in [0.2, 0.25) is 0 Å². The Hall–Kier alpha value is -4.69. The van der Waals surface area contributed by atoms with E-state index in [4.69, 9.17) is 0 Å². The van der Waals surface area contributed by atoms with Crippen LogP contribution < -0.4 is 25.6 Å². The second kappa shape index (κ2) is 11.4. The zero-order valence-corrected chi connectivity index (χ0v) is 26.0. The van der Waals surface area contributed by atoms with Gasteiger partial charge < -0.3 is 4.90 Å². The first-order valence-electron chi connectivity index (χ1n) is 13.8. The highest BCUT2D eigenvalue weighted by Crippen LogP contribution is 2.34. The van der Waals surface area contributed by atoms with Crippen LogP contribution in [0.1, 0.15) is 11.1 Å². The van der Waals surface area contributed by atoms with Crippen molar-refractivity contribution in [2.45, 2.75) is 26.2 Å². The summed E-state index contributed by atoms with van der Waals surface area (Å²) in [6.45, 7) is 9.55. The van der Waals surface area contributed by atoms with E-state index in [9.17, 15) is 10.5 Å². The van der Waals surface area contributed by atoms with Gasteiger partial charge in [0.15, 0.2) is 0 Å². The molecule has 0 bridgehead atoms. The van der Waals surface area contributed by atoms with Crippen molar-refractivity contribution in [2.75, 3.05) is 4.90 Å². The van der Waals surface area contributed by atoms with E-state index in [0.29, 0.717) is 11.1 Å². The smallest absolute Gasteiger partial charge is 0.114 e. The van der Waals surface area contributed by atoms with Crippen LogP contribution in [0, 0.1) is 22.7 Å². The average molecular weight is 564 g/mol. The molecule has 0 heterocycles. The normalized spacial score (nSPS) is 11.4. The Bertz CT molecular complexity index is 1630. The highest BCUT2D eigenvalue weighted by atomic mass is 28.3. The molecule has 0 aromatic heterocycles. The molecule has 0 unspecified atom stereocenters. The number of nitrogens with zero attached hydrogens (tertiary/aromatic N) is 3. The van der Waals surface area contributed by atoms with E-state index in [1.165, 1.54) is 32.1 Å². The van der Waals surface area contributed by atoms with E-state index in [-0.39, 0.29) is 0 Å². The van der Waals surface area contributed by atoms with E-state index in [0.717, 1.165) is 5.69 Å². The molecule has 0 atom stereocenters. The molecule has 0 N–H and O–H groups in total. The van der Waals surface area contributed by atoms with Crippen molar-refractivity contribution in [1.29, 1.82) is 10.5 Å². The quantitative estimate of drug-likeness (QED) is 0.211. The molecule has 0 fully saturated rings. The van der Waals surface area contributed by atoms with Gasteiger partial charge in [0, 0.05) is 17.1 Å². The number of nitriles is 2. The number of hydrogen-bond donors (Lipinski definition) is 0. The van der Waals surface area contributed by atoms with Crippen LogP contribution in [0.2, 0.25) is 26.2 Å². The lowest BCUT2D eigenvalue weighted by Gasteiger charge is -2.36. The molecule has 0 radical (unpaired) electrons. The van der Waals surface area contributed by atoms with Gasteiger partial charge in [-0.1, -0.05) is 115 Å². The largest absolute Gasteiger partial charge is 0.311 e. The van der Waals surface area contributed by atoms with E-state index in [1.807, 2.05) is 24.3 Å². The molecule has 0 amide bonds. The maximum atomic E-state index is 9.36. The van der Waals surface area contributed by atoms with Crippen molar-refractivity contribution >= 4 is 54.0 Å². The van der Waals surface area contributed by atoms with Crippen molar-refractivity contribution in [2.24, 2.45) is 0 Å². The van der Waals surface area contributed by atoms with Gasteiger partial charge in [-0.05, 0) is 58.9 Å². The van der Waals surface area contributed by atoms with Crippen LogP contribution in [0.25, 0.3) is 0 Å². The lowest BCUT2D eigenvalue weighted by Crippen LogP contribution is -2.55. The topological polar surface area (TPSA) is 50.8 Å². The Labute approximate surface area is 245 Å². The highest BCUT2D eigenvalue weighted by Gasteiger charge is 2.34. The summed E-state index contributed by atoms with van der Waals surface area (Å²) in [5.41, 5.74) is 4.83. The molecule has 0 aliphatic rings. The van der Waals surface area contributed by atoms with Crippen molar-refractivity contribution in [3.05, 3.63) is 139 Å². The van der Waals surface area contributed by atoms with Gasteiger partial charge in [0.25, 0.3) is 0 Å². The van der Waals surface area contributed by atoms with Crippen molar-refractivity contribution in [3.8, 4) is 12.1 Å². The molecule has 5 rings (SSSR count). The Morgan fingerprint density at radius 3 is 1.22 bits per heavy atom. The minimum atomic E-state index is -2.17. The molecule has 200 valence electrons. The first-order valence-corrected chi connectivity index (χ1v) is 19.8. The van der Waals surface area contributed by atoms with Gasteiger partial charge in [-0.3, -0.25) is 0 Å². The van der Waals surface area contributed by atoms with E-state index in [2.05, 4.69) is 146 Å². The molecule has 0 saturated carbocycles. The van der Waals surface area contributed by atoms with Crippen LogP contribution >= 0.6 is 0 Å². The minimum absolute atomic E-state index is 0.682. The zero-order valence-electron chi connectivity index (χ0n) is 24.0. The van der Waals surface area contributed by atoms with Crippen LogP contribution in [-0.4, -0.2) is 16.1 Å². The number of benzene rings is 5. The molecule has 0 saturated heterocycles. The van der Waals surface area contributed by atoms with Crippen LogP contribution in [0.4, 0.5) is 17.1 Å². The SMILES string of the molecule is C[Si](C)(c1ccc(C#N)cc1)c1ccccc1N(c1ccccc1)c1ccccc1[Si](C)(C)c1ccc(C#N)cc1. The summed E-state index contributed by atoms with van der Waals surface area (Å²) in [4.78, 5) is 2.43. The summed E-state index contributed by atoms with van der Waals surface area (Å²) < 4.78 is 0. The summed E-state index contributed by atoms with van der Waals surface area (Å²) in [5.74, 6) is 0. The summed E-state index contributed by atoms with van der Waals surface area (Å²) in [7, 11) is -4.34. The van der Waals surface area contributed by atoms with Crippen molar-refractivity contribution in [1.82, 2.24) is 0 Å². The Kier molecular flexibility index (Phi) is 7.77. The standard InChI is InChI=1S/C36H33N3Si2/c1-40(2,31-22-18-28(26-37)19-23-31)35-16-10-8-14-33(35)39(30-12-6-5-7-13-30)34-15-9-11-17-36(34)41(3,4)32-24-20-29(27-38)21-25-32/h5-25H,1-4H3. The second-order valence-corrected chi connectivity index (χ2v) is 20.1. The lowest BCUT2D eigenvalue weighted by molar-refractivity contribution is 1.30. The fourth-order valence-corrected chi connectivity index (χ4v) is 10.9. The van der Waals surface area contributed by atoms with E-state index < -0.39 is 16.1 Å². The first kappa shape index (κ1) is 27.9. The average Bonchev–Trinajstić information content (AvgIpc) is 3.02. The summed E-state index contributed by atoms with van der Waals surface area (Å²) >= 11 is 0. The van der Waals surface area contributed by atoms with Crippen LogP contribution in [-0.2, 0) is 0 Å². The third kappa shape index (κ3) is 5.38. The molecule has 5 aromatic rings. The molecule has 0 aliphatic heterocycles. The monoisotopic (exact) mass is 563 g/mol. The first-order chi connectivity index (χ1) is 19.8. The van der Waals surface area contributed by atoms with Gasteiger partial charge in [-0.15, -0.1) is 0 Å². The number of anilines is 3. The highest BCUT2D eigenvalue weighted by molar-refractivity contribution is 7.02. The molecular formula is C36H33N3Si2. The van der Waals surface area contributed by atoms with Crippen LogP contribution in [0.3, 0.4) is 0 Å². The number of hydrogen-bond acceptors (Lipinski definition) is 3. The third-order valence-corrected chi connectivity index (χ3v) is 15.2. The Morgan fingerprint density at radius 1 is 0.463 bits per heavy atom. The summed E-state index contributed by atoms with van der Waals surface area (Å²) in [6, 6.07) is 49.0. The third-order valence-electron chi connectivity index (χ3n) is 8.12. The maximum Gasteiger partial charge on any atom is 0.114 e. The molecule has 0 aliphatic carbocycles. The predicted octanol–water partition coefficient (Wildman–Crippen LogP) is 6.54. The molecular weight excluding hydrogens is 531 g/mol. The van der Waals surface area contributed by atoms with Crippen molar-refractivity contribution < 1.29 is 0 Å². The summed E-state index contributed by atoms with van der Waals surface area (Å²) in [5, 5.41) is 24.0. The van der Waals surface area contributed by atoms with Gasteiger partial charge in [0.1, 0.15) is 16.1 Å². The van der Waals surface area contributed by atoms with Gasteiger partial charge >= 0.3 is 0 Å². The number of para-hydroxylation sites is 3. The molecule has 0 spiro atoms. The van der Waals surface area contributed by atoms with E-state index in [1.54, 1.807) is 0 Å². The Balaban J connectivity index is 1.73. The number of rotatable bonds is 7. The predicted molar refractivity (Wildman–Crippen MR) is 177 cm³/mol. The molecule has 5 aromatic carbocycles. The Morgan fingerprint density at radius 2 is 0.829 bits per heavy atom. The fraction of sp³-hybridized carbons (Fsp3) is 0.111. The summed E-state index contributed by atoms with van der Waals surface area (Å²) in [6.07, 6.45) is 0. The fourth-order valence-electron chi connectivity index (χ4n) is 5.61. The van der Waals surface area contributed by atoms with Gasteiger partial charge in [-0.25, -0.2) is 0 Å². The lowest BCUT2D eigenvalue weighted by atomic mass is 10.2.